The second-order valence-corrected chi connectivity index (χ2v) is 5.16. The van der Waals surface area contributed by atoms with Crippen molar-refractivity contribution >= 4 is 27.6 Å². The van der Waals surface area contributed by atoms with Gasteiger partial charge in [0.2, 0.25) is 5.60 Å². The Labute approximate surface area is 107 Å². The number of aryl methyl sites for hydroxylation is 1. The monoisotopic (exact) mass is 297 g/mol. The van der Waals surface area contributed by atoms with Gasteiger partial charge in [0, 0.05) is 10.9 Å². The van der Waals surface area contributed by atoms with Gasteiger partial charge in [-0.2, -0.15) is 0 Å². The summed E-state index contributed by atoms with van der Waals surface area (Å²) >= 11 is 3.42. The number of halogens is 1. The molecule has 0 bridgehead atoms. The van der Waals surface area contributed by atoms with E-state index in [2.05, 4.69) is 21.1 Å². The minimum atomic E-state index is -1.24. The van der Waals surface area contributed by atoms with Crippen LogP contribution in [0.2, 0.25) is 0 Å². The van der Waals surface area contributed by atoms with Crippen LogP contribution in [0, 0.1) is 6.92 Å². The molecule has 0 amide bonds. The highest BCUT2D eigenvalue weighted by molar-refractivity contribution is 9.10. The predicted octanol–water partition coefficient (Wildman–Crippen LogP) is 2.73. The van der Waals surface area contributed by atoms with E-state index in [1.54, 1.807) is 0 Å². The summed E-state index contributed by atoms with van der Waals surface area (Å²) < 4.78 is 1.02. The first-order valence-electron chi connectivity index (χ1n) is 5.17. The number of hydrogen-bond donors (Lipinski definition) is 1. The van der Waals surface area contributed by atoms with Gasteiger partial charge in [-0.25, -0.2) is 4.79 Å². The summed E-state index contributed by atoms with van der Waals surface area (Å²) in [6.07, 6.45) is 0.281. The molecule has 4 nitrogen and oxygen atoms in total. The van der Waals surface area contributed by atoms with Crippen molar-refractivity contribution in [1.29, 1.82) is 0 Å². The van der Waals surface area contributed by atoms with Crippen LogP contribution in [-0.2, 0) is 9.63 Å². The van der Waals surface area contributed by atoms with Crippen LogP contribution >= 0.6 is 15.9 Å². The van der Waals surface area contributed by atoms with Crippen molar-refractivity contribution in [3.8, 4) is 0 Å². The van der Waals surface area contributed by atoms with Gasteiger partial charge in [-0.1, -0.05) is 27.2 Å². The van der Waals surface area contributed by atoms with E-state index >= 15 is 0 Å². The van der Waals surface area contributed by atoms with Crippen LogP contribution in [0.5, 0.6) is 0 Å². The van der Waals surface area contributed by atoms with Crippen LogP contribution < -0.4 is 0 Å². The van der Waals surface area contributed by atoms with E-state index in [0.29, 0.717) is 5.71 Å². The normalized spacial score (nSPS) is 23.1. The number of rotatable bonds is 2. The van der Waals surface area contributed by atoms with Crippen LogP contribution in [0.4, 0.5) is 0 Å². The van der Waals surface area contributed by atoms with Crippen LogP contribution in [0.1, 0.15) is 24.5 Å². The highest BCUT2D eigenvalue weighted by Crippen LogP contribution is 2.28. The number of carbonyl (C=O) groups is 1. The molecule has 0 spiro atoms. The van der Waals surface area contributed by atoms with Crippen molar-refractivity contribution < 1.29 is 14.7 Å². The highest BCUT2D eigenvalue weighted by atomic mass is 79.9. The molecule has 1 aliphatic heterocycles. The van der Waals surface area contributed by atoms with Crippen molar-refractivity contribution in [2.45, 2.75) is 25.9 Å². The fourth-order valence-corrected chi connectivity index (χ4v) is 1.88. The van der Waals surface area contributed by atoms with Crippen molar-refractivity contribution in [3.05, 3.63) is 33.8 Å². The zero-order chi connectivity index (χ0) is 12.6. The third kappa shape index (κ3) is 2.20. The topological polar surface area (TPSA) is 58.9 Å². The lowest BCUT2D eigenvalue weighted by Gasteiger charge is -2.14. The molecule has 1 unspecified atom stereocenters. The SMILES string of the molecule is Cc1cc(C2=NOC(C)(C(=O)O)C2)ccc1Br. The maximum absolute atomic E-state index is 11.0. The average molecular weight is 298 g/mol. The van der Waals surface area contributed by atoms with Gasteiger partial charge in [0.1, 0.15) is 0 Å². The van der Waals surface area contributed by atoms with E-state index in [-0.39, 0.29) is 6.42 Å². The minimum Gasteiger partial charge on any atom is -0.478 e. The van der Waals surface area contributed by atoms with Crippen LogP contribution in [0.3, 0.4) is 0 Å². The van der Waals surface area contributed by atoms with Crippen LogP contribution in [0.15, 0.2) is 27.8 Å². The number of benzene rings is 1. The molecule has 1 aromatic rings. The molecular weight excluding hydrogens is 286 g/mol. The summed E-state index contributed by atoms with van der Waals surface area (Å²) in [5, 5.41) is 12.9. The smallest absolute Gasteiger partial charge is 0.351 e. The minimum absolute atomic E-state index is 0.281. The number of aliphatic carboxylic acids is 1. The summed E-state index contributed by atoms with van der Waals surface area (Å²) in [7, 11) is 0. The van der Waals surface area contributed by atoms with E-state index < -0.39 is 11.6 Å². The molecule has 5 heteroatoms. The summed E-state index contributed by atoms with van der Waals surface area (Å²) in [6, 6.07) is 5.77. The first kappa shape index (κ1) is 12.1. The van der Waals surface area contributed by atoms with Crippen molar-refractivity contribution in [1.82, 2.24) is 0 Å². The summed E-state index contributed by atoms with van der Waals surface area (Å²) in [4.78, 5) is 16.0. The molecule has 90 valence electrons. The van der Waals surface area contributed by atoms with Crippen molar-refractivity contribution in [2.75, 3.05) is 0 Å². The Morgan fingerprint density at radius 3 is 2.82 bits per heavy atom. The molecule has 1 N–H and O–H groups in total. The fraction of sp³-hybridized carbons (Fsp3) is 0.333. The van der Waals surface area contributed by atoms with Gasteiger partial charge in [-0.3, -0.25) is 0 Å². The van der Waals surface area contributed by atoms with E-state index in [1.165, 1.54) is 6.92 Å². The molecule has 2 rings (SSSR count). The lowest BCUT2D eigenvalue weighted by molar-refractivity contribution is -0.160. The molecule has 1 aliphatic rings. The second-order valence-electron chi connectivity index (χ2n) is 4.31. The zero-order valence-electron chi connectivity index (χ0n) is 9.53. The predicted molar refractivity (Wildman–Crippen MR) is 67.2 cm³/mol. The Morgan fingerprint density at radius 2 is 2.29 bits per heavy atom. The van der Waals surface area contributed by atoms with E-state index in [1.807, 2.05) is 25.1 Å². The Hall–Kier alpha value is -1.36. The van der Waals surface area contributed by atoms with Crippen molar-refractivity contribution in [2.24, 2.45) is 5.16 Å². The highest BCUT2D eigenvalue weighted by Gasteiger charge is 2.42. The molecular formula is C12H12BrNO3. The van der Waals surface area contributed by atoms with Crippen LogP contribution in [-0.4, -0.2) is 22.4 Å². The van der Waals surface area contributed by atoms with Gasteiger partial charge in [0.25, 0.3) is 0 Å². The van der Waals surface area contributed by atoms with Gasteiger partial charge < -0.3 is 9.94 Å². The Balaban J connectivity index is 2.26. The first-order valence-corrected chi connectivity index (χ1v) is 5.97. The fourth-order valence-electron chi connectivity index (χ4n) is 1.63. The summed E-state index contributed by atoms with van der Waals surface area (Å²) in [5.41, 5.74) is 1.41. The average Bonchev–Trinajstić information content (AvgIpc) is 2.67. The molecule has 1 atom stereocenters. The molecule has 1 heterocycles. The molecule has 0 aliphatic carbocycles. The maximum atomic E-state index is 11.0. The zero-order valence-corrected chi connectivity index (χ0v) is 11.1. The lowest BCUT2D eigenvalue weighted by atomic mass is 9.95. The summed E-state index contributed by atoms with van der Waals surface area (Å²) in [6.45, 7) is 3.50. The first-order chi connectivity index (χ1) is 7.92. The lowest BCUT2D eigenvalue weighted by Crippen LogP contribution is -2.35. The van der Waals surface area contributed by atoms with Crippen LogP contribution in [0.25, 0.3) is 0 Å². The number of carboxylic acid groups (broad SMARTS) is 1. The van der Waals surface area contributed by atoms with E-state index in [4.69, 9.17) is 9.94 Å². The van der Waals surface area contributed by atoms with E-state index in [9.17, 15) is 4.79 Å². The molecule has 0 aromatic heterocycles. The van der Waals surface area contributed by atoms with Gasteiger partial charge in [0.15, 0.2) is 0 Å². The van der Waals surface area contributed by atoms with E-state index in [0.717, 1.165) is 15.6 Å². The largest absolute Gasteiger partial charge is 0.478 e. The van der Waals surface area contributed by atoms with Crippen molar-refractivity contribution in [3.63, 3.8) is 0 Å². The molecule has 0 saturated carbocycles. The number of nitrogens with zero attached hydrogens (tertiary/aromatic N) is 1. The van der Waals surface area contributed by atoms with Gasteiger partial charge in [0.05, 0.1) is 5.71 Å². The van der Waals surface area contributed by atoms with Gasteiger partial charge in [-0.05, 0) is 37.1 Å². The standard InChI is InChI=1S/C12H12BrNO3/c1-7-5-8(3-4-9(7)13)10-6-12(2,11(15)16)17-14-10/h3-5H,6H2,1-2H3,(H,15,16). The van der Waals surface area contributed by atoms with Gasteiger partial charge >= 0.3 is 5.97 Å². The third-order valence-electron chi connectivity index (χ3n) is 2.81. The molecule has 1 aromatic carbocycles. The van der Waals surface area contributed by atoms with Gasteiger partial charge in [-0.15, -0.1) is 0 Å². The Bertz CT molecular complexity index is 512. The summed E-state index contributed by atoms with van der Waals surface area (Å²) in [5.74, 6) is -0.995. The molecule has 0 fully saturated rings. The maximum Gasteiger partial charge on any atom is 0.351 e. The number of carboxylic acids is 1. The molecule has 0 radical (unpaired) electrons. The Morgan fingerprint density at radius 1 is 1.59 bits per heavy atom. The second kappa shape index (κ2) is 4.14. The number of hydrogen-bond acceptors (Lipinski definition) is 3. The quantitative estimate of drug-likeness (QED) is 0.913. The number of oxime groups is 1. The molecule has 17 heavy (non-hydrogen) atoms. The third-order valence-corrected chi connectivity index (χ3v) is 3.70. The molecule has 0 saturated heterocycles. The Kier molecular flexibility index (Phi) is 2.95.